The number of rotatable bonds is 8. The predicted octanol–water partition coefficient (Wildman–Crippen LogP) is 3.63. The van der Waals surface area contributed by atoms with E-state index >= 15 is 0 Å². The minimum Gasteiger partial charge on any atom is -0.367 e. The molecule has 0 radical (unpaired) electrons. The molecule has 31 heavy (non-hydrogen) atoms. The summed E-state index contributed by atoms with van der Waals surface area (Å²) >= 11 is 0. The number of ether oxygens (including phenoxy) is 1. The van der Waals surface area contributed by atoms with Gasteiger partial charge in [0.05, 0.1) is 6.61 Å². The van der Waals surface area contributed by atoms with E-state index in [0.717, 1.165) is 30.0 Å². The zero-order valence-electron chi connectivity index (χ0n) is 17.6. The van der Waals surface area contributed by atoms with Crippen molar-refractivity contribution in [1.29, 1.82) is 0 Å². The molecule has 2 heterocycles. The molecule has 6 nitrogen and oxygen atoms in total. The van der Waals surface area contributed by atoms with Gasteiger partial charge in [-0.1, -0.05) is 24.3 Å². The summed E-state index contributed by atoms with van der Waals surface area (Å²) in [6.07, 6.45) is -0.0514. The van der Waals surface area contributed by atoms with Gasteiger partial charge >= 0.3 is 6.18 Å². The summed E-state index contributed by atoms with van der Waals surface area (Å²) in [6.45, 7) is 1.97. The Balaban J connectivity index is 1.44. The van der Waals surface area contributed by atoms with Gasteiger partial charge in [-0.3, -0.25) is 4.99 Å². The molecule has 0 unspecified atom stereocenters. The number of nitrogens with one attached hydrogen (secondary N) is 2. The van der Waals surface area contributed by atoms with E-state index in [2.05, 4.69) is 36.3 Å². The van der Waals surface area contributed by atoms with Gasteiger partial charge in [-0.2, -0.15) is 13.2 Å². The molecule has 1 saturated heterocycles. The lowest BCUT2D eigenvalue weighted by atomic mass is 10.1. The maximum atomic E-state index is 12.1. The molecule has 2 N–H and O–H groups in total. The maximum Gasteiger partial charge on any atom is 0.411 e. The van der Waals surface area contributed by atoms with Crippen molar-refractivity contribution in [2.24, 2.45) is 4.99 Å². The Bertz CT molecular complexity index is 849. The molecule has 1 aromatic heterocycles. The Morgan fingerprint density at radius 2 is 1.68 bits per heavy atom. The van der Waals surface area contributed by atoms with Crippen molar-refractivity contribution in [3.8, 4) is 0 Å². The van der Waals surface area contributed by atoms with Gasteiger partial charge in [0.2, 0.25) is 0 Å². The molecule has 1 aromatic carbocycles. The zero-order chi connectivity index (χ0) is 22.1. The number of anilines is 1. The number of benzene rings is 1. The summed E-state index contributed by atoms with van der Waals surface area (Å²) in [5, 5.41) is 6.53. The van der Waals surface area contributed by atoms with Crippen LogP contribution in [0.1, 0.15) is 29.5 Å². The lowest BCUT2D eigenvalue weighted by Crippen LogP contribution is -2.36. The molecule has 0 saturated carbocycles. The smallest absolute Gasteiger partial charge is 0.367 e. The number of pyridine rings is 1. The van der Waals surface area contributed by atoms with Crippen molar-refractivity contribution < 1.29 is 17.9 Å². The highest BCUT2D eigenvalue weighted by Crippen LogP contribution is 2.18. The monoisotopic (exact) mass is 435 g/mol. The molecule has 0 aliphatic carbocycles. The normalized spacial score (nSPS) is 14.7. The van der Waals surface area contributed by atoms with Crippen LogP contribution in [-0.4, -0.2) is 43.9 Å². The fraction of sp³-hybridized carbons (Fsp3) is 0.455. The van der Waals surface area contributed by atoms with Crippen LogP contribution >= 0.6 is 0 Å². The van der Waals surface area contributed by atoms with Gasteiger partial charge in [0.15, 0.2) is 5.96 Å². The average molecular weight is 435 g/mol. The maximum absolute atomic E-state index is 12.1. The van der Waals surface area contributed by atoms with Crippen LogP contribution in [0.3, 0.4) is 0 Å². The molecule has 0 atom stereocenters. The second kappa shape index (κ2) is 11.0. The Morgan fingerprint density at radius 1 is 1.03 bits per heavy atom. The quantitative estimate of drug-likeness (QED) is 0.490. The van der Waals surface area contributed by atoms with Crippen molar-refractivity contribution in [2.45, 2.75) is 38.7 Å². The SMILES string of the molecule is CN=C(NCc1ccc(COCC(F)(F)F)cc1)NCc1ccnc(N2CCCC2)c1. The van der Waals surface area contributed by atoms with Crippen LogP contribution in [0.4, 0.5) is 19.0 Å². The Kier molecular flexibility index (Phi) is 8.11. The van der Waals surface area contributed by atoms with E-state index in [1.165, 1.54) is 12.8 Å². The summed E-state index contributed by atoms with van der Waals surface area (Å²) in [5.74, 6) is 1.68. The Labute approximate surface area is 180 Å². The van der Waals surface area contributed by atoms with E-state index in [0.29, 0.717) is 24.6 Å². The number of aliphatic imine (C=N–C) groups is 1. The highest BCUT2D eigenvalue weighted by Gasteiger charge is 2.27. The van der Waals surface area contributed by atoms with Crippen molar-refractivity contribution in [3.05, 3.63) is 59.3 Å². The average Bonchev–Trinajstić information content (AvgIpc) is 3.29. The van der Waals surface area contributed by atoms with Gasteiger partial charge in [-0.05, 0) is 41.7 Å². The zero-order valence-corrected chi connectivity index (χ0v) is 17.6. The number of halogens is 3. The van der Waals surface area contributed by atoms with Crippen LogP contribution in [0.15, 0.2) is 47.6 Å². The number of guanidine groups is 1. The first-order valence-corrected chi connectivity index (χ1v) is 10.3. The molecule has 0 bridgehead atoms. The summed E-state index contributed by atoms with van der Waals surface area (Å²) in [5.41, 5.74) is 2.81. The summed E-state index contributed by atoms with van der Waals surface area (Å²) < 4.78 is 41.1. The standard InChI is InChI=1S/C22H28F3N5O/c1-26-21(29-14-19-8-9-27-20(12-19)30-10-2-3-11-30)28-13-17-4-6-18(7-5-17)15-31-16-22(23,24)25/h4-9,12H,2-3,10-11,13-16H2,1H3,(H2,26,28,29). The third-order valence-electron chi connectivity index (χ3n) is 4.94. The van der Waals surface area contributed by atoms with Crippen LogP contribution in [0.25, 0.3) is 0 Å². The van der Waals surface area contributed by atoms with Gasteiger partial charge in [-0.25, -0.2) is 4.98 Å². The van der Waals surface area contributed by atoms with E-state index in [1.807, 2.05) is 24.4 Å². The first-order valence-electron chi connectivity index (χ1n) is 10.3. The third-order valence-corrected chi connectivity index (χ3v) is 4.94. The number of aromatic nitrogens is 1. The van der Waals surface area contributed by atoms with E-state index in [1.54, 1.807) is 19.2 Å². The fourth-order valence-electron chi connectivity index (χ4n) is 3.32. The van der Waals surface area contributed by atoms with Crippen LogP contribution in [0.5, 0.6) is 0 Å². The van der Waals surface area contributed by atoms with E-state index in [9.17, 15) is 13.2 Å². The van der Waals surface area contributed by atoms with Crippen molar-refractivity contribution in [3.63, 3.8) is 0 Å². The van der Waals surface area contributed by atoms with Gasteiger partial charge < -0.3 is 20.3 Å². The molecule has 1 fully saturated rings. The first-order chi connectivity index (χ1) is 14.9. The lowest BCUT2D eigenvalue weighted by Gasteiger charge is -2.17. The number of hydrogen-bond acceptors (Lipinski definition) is 4. The fourth-order valence-corrected chi connectivity index (χ4v) is 3.32. The summed E-state index contributed by atoms with van der Waals surface area (Å²) in [6, 6.07) is 11.3. The minimum absolute atomic E-state index is 0.0677. The van der Waals surface area contributed by atoms with Gasteiger partial charge in [-0.15, -0.1) is 0 Å². The molecule has 0 spiro atoms. The Hall–Kier alpha value is -2.81. The summed E-state index contributed by atoms with van der Waals surface area (Å²) in [4.78, 5) is 11.0. The van der Waals surface area contributed by atoms with Gasteiger partial charge in [0, 0.05) is 39.4 Å². The highest BCUT2D eigenvalue weighted by molar-refractivity contribution is 5.79. The number of nitrogens with zero attached hydrogens (tertiary/aromatic N) is 3. The second-order valence-electron chi connectivity index (χ2n) is 7.42. The highest BCUT2D eigenvalue weighted by atomic mass is 19.4. The van der Waals surface area contributed by atoms with Gasteiger partial charge in [0.25, 0.3) is 0 Å². The van der Waals surface area contributed by atoms with Crippen LogP contribution in [0, 0.1) is 0 Å². The second-order valence-corrected chi connectivity index (χ2v) is 7.42. The first kappa shape index (κ1) is 22.9. The minimum atomic E-state index is -4.31. The van der Waals surface area contributed by atoms with E-state index in [-0.39, 0.29) is 6.61 Å². The van der Waals surface area contributed by atoms with E-state index in [4.69, 9.17) is 0 Å². The molecule has 1 aliphatic rings. The molecule has 9 heteroatoms. The topological polar surface area (TPSA) is 61.8 Å². The number of alkyl halides is 3. The largest absolute Gasteiger partial charge is 0.411 e. The van der Waals surface area contributed by atoms with Gasteiger partial charge in [0.1, 0.15) is 12.4 Å². The van der Waals surface area contributed by atoms with Crippen LogP contribution in [0.2, 0.25) is 0 Å². The van der Waals surface area contributed by atoms with Crippen LogP contribution < -0.4 is 15.5 Å². The molecular weight excluding hydrogens is 407 g/mol. The molecule has 0 amide bonds. The molecule has 1 aliphatic heterocycles. The van der Waals surface area contributed by atoms with Crippen LogP contribution in [-0.2, 0) is 24.4 Å². The third kappa shape index (κ3) is 7.75. The van der Waals surface area contributed by atoms with Crippen molar-refractivity contribution >= 4 is 11.8 Å². The molecule has 2 aromatic rings. The molecule has 3 rings (SSSR count). The Morgan fingerprint density at radius 3 is 2.32 bits per heavy atom. The van der Waals surface area contributed by atoms with Crippen molar-refractivity contribution in [1.82, 2.24) is 15.6 Å². The van der Waals surface area contributed by atoms with Crippen molar-refractivity contribution in [2.75, 3.05) is 31.6 Å². The molecular formula is C22H28F3N5O. The summed E-state index contributed by atoms with van der Waals surface area (Å²) in [7, 11) is 1.71. The predicted molar refractivity (Wildman–Crippen MR) is 115 cm³/mol. The van der Waals surface area contributed by atoms with E-state index < -0.39 is 12.8 Å². The lowest BCUT2D eigenvalue weighted by molar-refractivity contribution is -0.176. The number of hydrogen-bond donors (Lipinski definition) is 2. The molecule has 168 valence electrons.